The molecule has 0 aromatic rings. The fourth-order valence-corrected chi connectivity index (χ4v) is 0.511. The van der Waals surface area contributed by atoms with Gasteiger partial charge < -0.3 is 4.43 Å². The average Bonchev–Trinajstić information content (AvgIpc) is 1.69. The standard InChI is InChI=1S/C5H10OSi/c1-3-4-5-6-7-2/h3-5H,1,7H2,2H3. The van der Waals surface area contributed by atoms with Crippen molar-refractivity contribution < 1.29 is 4.43 Å². The highest BCUT2D eigenvalue weighted by Crippen LogP contribution is 1.73. The fraction of sp³-hybridized carbons (Fsp3) is 0.200. The maximum absolute atomic E-state index is 4.96. The van der Waals surface area contributed by atoms with Crippen LogP contribution in [0.3, 0.4) is 0 Å². The number of rotatable bonds is 3. The van der Waals surface area contributed by atoms with E-state index in [1.165, 1.54) is 0 Å². The van der Waals surface area contributed by atoms with Gasteiger partial charge in [0.25, 0.3) is 0 Å². The second-order valence-electron chi connectivity index (χ2n) is 1.02. The molecule has 0 bridgehead atoms. The molecule has 0 spiro atoms. The molecule has 0 aliphatic carbocycles. The number of allylic oxidation sites excluding steroid dienone is 2. The zero-order valence-electron chi connectivity index (χ0n) is 4.55. The Morgan fingerprint density at radius 1 is 1.71 bits per heavy atom. The Hall–Kier alpha value is -0.503. The van der Waals surface area contributed by atoms with Crippen LogP contribution in [0.4, 0.5) is 0 Å². The van der Waals surface area contributed by atoms with Crippen molar-refractivity contribution >= 4 is 9.76 Å². The second kappa shape index (κ2) is 5.50. The van der Waals surface area contributed by atoms with Crippen LogP contribution in [0.2, 0.25) is 6.55 Å². The zero-order valence-corrected chi connectivity index (χ0v) is 5.97. The third-order valence-electron chi connectivity index (χ3n) is 0.478. The van der Waals surface area contributed by atoms with E-state index in [0.717, 1.165) is 0 Å². The van der Waals surface area contributed by atoms with Gasteiger partial charge in [-0.25, -0.2) is 0 Å². The molecule has 0 aromatic carbocycles. The summed E-state index contributed by atoms with van der Waals surface area (Å²) in [5, 5.41) is 0. The molecule has 0 amide bonds. The van der Waals surface area contributed by atoms with E-state index in [2.05, 4.69) is 13.1 Å². The van der Waals surface area contributed by atoms with Crippen LogP contribution < -0.4 is 0 Å². The largest absolute Gasteiger partial charge is 0.555 e. The van der Waals surface area contributed by atoms with E-state index < -0.39 is 0 Å². The molecule has 40 valence electrons. The van der Waals surface area contributed by atoms with Gasteiger partial charge in [0.05, 0.1) is 6.26 Å². The van der Waals surface area contributed by atoms with Gasteiger partial charge in [0.2, 0.25) is 9.76 Å². The van der Waals surface area contributed by atoms with Gasteiger partial charge in [0.1, 0.15) is 0 Å². The molecular formula is C5H10OSi. The molecule has 0 aliphatic rings. The lowest BCUT2D eigenvalue weighted by atomic mass is 10.6. The molecule has 0 N–H and O–H groups in total. The molecule has 0 aromatic heterocycles. The molecule has 0 saturated heterocycles. The van der Waals surface area contributed by atoms with Crippen LogP contribution >= 0.6 is 0 Å². The first-order valence-electron chi connectivity index (χ1n) is 2.31. The molecule has 0 radical (unpaired) electrons. The summed E-state index contributed by atoms with van der Waals surface area (Å²) in [6, 6.07) is 0. The molecule has 0 aliphatic heterocycles. The monoisotopic (exact) mass is 114 g/mol. The van der Waals surface area contributed by atoms with E-state index in [4.69, 9.17) is 4.43 Å². The summed E-state index contributed by atoms with van der Waals surface area (Å²) in [6.45, 7) is 5.56. The van der Waals surface area contributed by atoms with Crippen molar-refractivity contribution in [3.63, 3.8) is 0 Å². The van der Waals surface area contributed by atoms with Crippen molar-refractivity contribution in [3.05, 3.63) is 25.0 Å². The molecule has 0 unspecified atom stereocenters. The van der Waals surface area contributed by atoms with Crippen LogP contribution in [-0.2, 0) is 4.43 Å². The van der Waals surface area contributed by atoms with Crippen LogP contribution in [0.1, 0.15) is 0 Å². The van der Waals surface area contributed by atoms with Crippen molar-refractivity contribution in [3.8, 4) is 0 Å². The van der Waals surface area contributed by atoms with Crippen LogP contribution in [0.15, 0.2) is 25.0 Å². The lowest BCUT2D eigenvalue weighted by Gasteiger charge is -1.87. The Labute approximate surface area is 46.6 Å². The van der Waals surface area contributed by atoms with Gasteiger partial charge >= 0.3 is 0 Å². The highest BCUT2D eigenvalue weighted by Gasteiger charge is 1.63. The summed E-state index contributed by atoms with van der Waals surface area (Å²) < 4.78 is 4.96. The summed E-state index contributed by atoms with van der Waals surface area (Å²) in [5.74, 6) is 0. The minimum absolute atomic E-state index is 0.241. The average molecular weight is 114 g/mol. The van der Waals surface area contributed by atoms with Gasteiger partial charge in [-0.05, 0) is 12.6 Å². The quantitative estimate of drug-likeness (QED) is 0.300. The van der Waals surface area contributed by atoms with Crippen LogP contribution in [0.5, 0.6) is 0 Å². The second-order valence-corrected chi connectivity index (χ2v) is 1.93. The number of hydrogen-bond acceptors (Lipinski definition) is 1. The molecule has 0 atom stereocenters. The van der Waals surface area contributed by atoms with Crippen LogP contribution in [0.25, 0.3) is 0 Å². The van der Waals surface area contributed by atoms with E-state index in [-0.39, 0.29) is 9.76 Å². The molecule has 0 saturated carbocycles. The van der Waals surface area contributed by atoms with Crippen molar-refractivity contribution in [2.45, 2.75) is 6.55 Å². The molecule has 2 heteroatoms. The predicted molar refractivity (Wildman–Crippen MR) is 34.8 cm³/mol. The molecule has 0 heterocycles. The first-order chi connectivity index (χ1) is 3.41. The van der Waals surface area contributed by atoms with Gasteiger partial charge in [-0.15, -0.1) is 0 Å². The van der Waals surface area contributed by atoms with Crippen molar-refractivity contribution in [2.75, 3.05) is 0 Å². The normalized spacial score (nSPS) is 11.0. The summed E-state index contributed by atoms with van der Waals surface area (Å²) >= 11 is 0. The topological polar surface area (TPSA) is 9.23 Å². The third kappa shape index (κ3) is 5.50. The smallest absolute Gasteiger partial charge is 0.215 e. The summed E-state index contributed by atoms with van der Waals surface area (Å²) in [6.07, 6.45) is 5.17. The van der Waals surface area contributed by atoms with E-state index in [1.807, 2.05) is 0 Å². The lowest BCUT2D eigenvalue weighted by molar-refractivity contribution is 0.519. The molecule has 0 rings (SSSR count). The van der Waals surface area contributed by atoms with Crippen molar-refractivity contribution in [1.29, 1.82) is 0 Å². The fourth-order valence-electron chi connectivity index (χ4n) is 0.207. The summed E-state index contributed by atoms with van der Waals surface area (Å²) in [7, 11) is -0.241. The van der Waals surface area contributed by atoms with Gasteiger partial charge in [-0.1, -0.05) is 12.7 Å². The first-order valence-corrected chi connectivity index (χ1v) is 4.30. The Bertz CT molecular complexity index is 68.5. The maximum atomic E-state index is 4.96. The van der Waals surface area contributed by atoms with Gasteiger partial charge in [-0.3, -0.25) is 0 Å². The predicted octanol–water partition coefficient (Wildman–Crippen LogP) is 0.835. The van der Waals surface area contributed by atoms with Crippen LogP contribution in [0, 0.1) is 0 Å². The van der Waals surface area contributed by atoms with Gasteiger partial charge in [-0.2, -0.15) is 0 Å². The van der Waals surface area contributed by atoms with E-state index >= 15 is 0 Å². The van der Waals surface area contributed by atoms with Crippen molar-refractivity contribution in [2.24, 2.45) is 0 Å². The Morgan fingerprint density at radius 3 is 2.86 bits per heavy atom. The molecule has 7 heavy (non-hydrogen) atoms. The Balaban J connectivity index is 2.92. The molecule has 0 fully saturated rings. The minimum atomic E-state index is -0.241. The van der Waals surface area contributed by atoms with E-state index in [1.54, 1.807) is 18.4 Å². The lowest BCUT2D eigenvalue weighted by Crippen LogP contribution is -1.79. The summed E-state index contributed by atoms with van der Waals surface area (Å²) in [4.78, 5) is 0. The van der Waals surface area contributed by atoms with E-state index in [9.17, 15) is 0 Å². The Kier molecular flexibility index (Phi) is 5.10. The SMILES string of the molecule is C=CC=CO[SiH2]C. The zero-order chi connectivity index (χ0) is 5.54. The molecule has 1 nitrogen and oxygen atoms in total. The number of hydrogen-bond donors (Lipinski definition) is 0. The Morgan fingerprint density at radius 2 is 2.43 bits per heavy atom. The molecular weight excluding hydrogens is 104 g/mol. The van der Waals surface area contributed by atoms with Crippen LogP contribution in [-0.4, -0.2) is 9.76 Å². The van der Waals surface area contributed by atoms with Gasteiger partial charge in [0, 0.05) is 0 Å². The maximum Gasteiger partial charge on any atom is 0.215 e. The third-order valence-corrected chi connectivity index (χ3v) is 1.00. The summed E-state index contributed by atoms with van der Waals surface area (Å²) in [5.41, 5.74) is 0. The first kappa shape index (κ1) is 6.50. The highest BCUT2D eigenvalue weighted by molar-refractivity contribution is 6.25. The van der Waals surface area contributed by atoms with Crippen molar-refractivity contribution in [1.82, 2.24) is 0 Å². The highest BCUT2D eigenvalue weighted by atomic mass is 28.2. The van der Waals surface area contributed by atoms with E-state index in [0.29, 0.717) is 0 Å². The van der Waals surface area contributed by atoms with Gasteiger partial charge in [0.15, 0.2) is 0 Å². The minimum Gasteiger partial charge on any atom is -0.555 e.